The summed E-state index contributed by atoms with van der Waals surface area (Å²) in [4.78, 5) is 6.90. The van der Waals surface area contributed by atoms with Crippen molar-refractivity contribution in [3.05, 3.63) is 36.2 Å². The Balaban J connectivity index is 2.30. The minimum Gasteiger partial charge on any atom is -0.497 e. The third kappa shape index (κ3) is 3.08. The summed E-state index contributed by atoms with van der Waals surface area (Å²) in [5.41, 5.74) is 4.79. The van der Waals surface area contributed by atoms with Crippen molar-refractivity contribution in [2.75, 3.05) is 12.8 Å². The second-order valence-electron chi connectivity index (χ2n) is 3.73. The molecule has 0 amide bonds. The summed E-state index contributed by atoms with van der Waals surface area (Å²) in [7, 11) is 1.44. The maximum Gasteiger partial charge on any atom is 0.433 e. The summed E-state index contributed by atoms with van der Waals surface area (Å²) in [5.74, 6) is 0.560. The smallest absolute Gasteiger partial charge is 0.433 e. The predicted molar refractivity (Wildman–Crippen MR) is 64.5 cm³/mol. The van der Waals surface area contributed by atoms with E-state index in [2.05, 4.69) is 9.97 Å². The van der Waals surface area contributed by atoms with E-state index in [1.807, 2.05) is 0 Å². The molecule has 1 heterocycles. The second-order valence-corrected chi connectivity index (χ2v) is 3.73. The molecule has 20 heavy (non-hydrogen) atoms. The highest BCUT2D eigenvalue weighted by molar-refractivity contribution is 5.56. The van der Waals surface area contributed by atoms with Gasteiger partial charge in [-0.05, 0) is 18.2 Å². The fourth-order valence-electron chi connectivity index (χ4n) is 1.38. The van der Waals surface area contributed by atoms with Gasteiger partial charge in [0, 0.05) is 12.3 Å². The van der Waals surface area contributed by atoms with Crippen LogP contribution in [0.1, 0.15) is 5.69 Å². The van der Waals surface area contributed by atoms with Gasteiger partial charge in [-0.1, -0.05) is 0 Å². The van der Waals surface area contributed by atoms with Crippen molar-refractivity contribution < 1.29 is 22.6 Å². The van der Waals surface area contributed by atoms with E-state index in [0.717, 1.165) is 12.3 Å². The van der Waals surface area contributed by atoms with Gasteiger partial charge < -0.3 is 15.2 Å². The van der Waals surface area contributed by atoms with Crippen molar-refractivity contribution in [3.8, 4) is 17.5 Å². The Morgan fingerprint density at radius 2 is 1.95 bits per heavy atom. The van der Waals surface area contributed by atoms with Gasteiger partial charge in [0.05, 0.1) is 12.8 Å². The number of hydrogen-bond donors (Lipinski definition) is 1. The van der Waals surface area contributed by atoms with Gasteiger partial charge in [-0.2, -0.15) is 18.2 Å². The number of aromatic nitrogens is 2. The van der Waals surface area contributed by atoms with Crippen molar-refractivity contribution in [2.45, 2.75) is 6.18 Å². The van der Waals surface area contributed by atoms with Crippen LogP contribution in [0, 0.1) is 0 Å². The standard InChI is InChI=1S/C12H10F3N3O2/c1-19-7-2-3-8(16)9(6-7)20-11-17-5-4-10(18-11)12(13,14)15/h2-6H,16H2,1H3. The molecule has 0 radical (unpaired) electrons. The summed E-state index contributed by atoms with van der Waals surface area (Å²) in [5, 5.41) is 0. The molecular formula is C12H10F3N3O2. The highest BCUT2D eigenvalue weighted by atomic mass is 19.4. The Morgan fingerprint density at radius 1 is 1.20 bits per heavy atom. The molecular weight excluding hydrogens is 275 g/mol. The average Bonchev–Trinajstić information content (AvgIpc) is 2.41. The molecule has 1 aromatic heterocycles. The summed E-state index contributed by atoms with van der Waals surface area (Å²) >= 11 is 0. The van der Waals surface area contributed by atoms with Gasteiger partial charge in [0.2, 0.25) is 0 Å². The van der Waals surface area contributed by atoms with E-state index in [1.54, 1.807) is 6.07 Å². The third-order valence-corrected chi connectivity index (χ3v) is 2.35. The monoisotopic (exact) mass is 285 g/mol. The number of benzene rings is 1. The van der Waals surface area contributed by atoms with Crippen molar-refractivity contribution >= 4 is 5.69 Å². The molecule has 0 aliphatic rings. The average molecular weight is 285 g/mol. The van der Waals surface area contributed by atoms with Gasteiger partial charge in [0.1, 0.15) is 5.75 Å². The number of nitrogen functional groups attached to an aromatic ring is 1. The topological polar surface area (TPSA) is 70.3 Å². The normalized spacial score (nSPS) is 11.2. The number of nitrogens with zero attached hydrogens (tertiary/aromatic N) is 2. The number of nitrogens with two attached hydrogens (primary N) is 1. The van der Waals surface area contributed by atoms with E-state index in [-0.39, 0.29) is 11.4 Å². The molecule has 0 bridgehead atoms. The number of rotatable bonds is 3. The molecule has 2 rings (SSSR count). The number of alkyl halides is 3. The molecule has 0 saturated carbocycles. The molecule has 0 spiro atoms. The molecule has 0 fully saturated rings. The summed E-state index contributed by atoms with van der Waals surface area (Å²) in [6, 6.07) is 4.83. The van der Waals surface area contributed by atoms with Crippen LogP contribution >= 0.6 is 0 Å². The van der Waals surface area contributed by atoms with E-state index >= 15 is 0 Å². The first-order valence-electron chi connectivity index (χ1n) is 5.42. The van der Waals surface area contributed by atoms with E-state index < -0.39 is 17.9 Å². The molecule has 0 atom stereocenters. The van der Waals surface area contributed by atoms with Crippen molar-refractivity contribution in [2.24, 2.45) is 0 Å². The zero-order valence-corrected chi connectivity index (χ0v) is 10.3. The summed E-state index contributed by atoms with van der Waals surface area (Å²) < 4.78 is 47.7. The van der Waals surface area contributed by atoms with E-state index in [9.17, 15) is 13.2 Å². The lowest BCUT2D eigenvalue weighted by molar-refractivity contribution is -0.141. The van der Waals surface area contributed by atoms with Crippen LogP contribution in [0.5, 0.6) is 17.5 Å². The maximum atomic E-state index is 12.5. The molecule has 2 N–H and O–H groups in total. The van der Waals surface area contributed by atoms with Crippen LogP contribution in [0.3, 0.4) is 0 Å². The number of hydrogen-bond acceptors (Lipinski definition) is 5. The molecule has 0 aliphatic heterocycles. The molecule has 0 aliphatic carbocycles. The van der Waals surface area contributed by atoms with Crippen LogP contribution in [-0.2, 0) is 6.18 Å². The Morgan fingerprint density at radius 3 is 2.60 bits per heavy atom. The van der Waals surface area contributed by atoms with Crippen molar-refractivity contribution in [1.29, 1.82) is 0 Å². The first-order chi connectivity index (χ1) is 9.40. The first-order valence-corrected chi connectivity index (χ1v) is 5.42. The van der Waals surface area contributed by atoms with Crippen molar-refractivity contribution in [1.82, 2.24) is 9.97 Å². The zero-order valence-electron chi connectivity index (χ0n) is 10.3. The molecule has 2 aromatic rings. The number of halogens is 3. The highest BCUT2D eigenvalue weighted by Crippen LogP contribution is 2.32. The first kappa shape index (κ1) is 13.9. The quantitative estimate of drug-likeness (QED) is 0.878. The molecule has 0 unspecified atom stereocenters. The van der Waals surface area contributed by atoms with Crippen LogP contribution in [-0.4, -0.2) is 17.1 Å². The Hall–Kier alpha value is -2.51. The number of ether oxygens (including phenoxy) is 2. The Labute approximate surface area is 112 Å². The van der Waals surface area contributed by atoms with Crippen LogP contribution in [0.4, 0.5) is 18.9 Å². The Bertz CT molecular complexity index is 617. The van der Waals surface area contributed by atoms with E-state index in [4.69, 9.17) is 15.2 Å². The minimum atomic E-state index is -4.57. The van der Waals surface area contributed by atoms with Gasteiger partial charge in [-0.15, -0.1) is 0 Å². The van der Waals surface area contributed by atoms with E-state index in [1.165, 1.54) is 19.2 Å². The molecule has 106 valence electrons. The van der Waals surface area contributed by atoms with Crippen LogP contribution in [0.25, 0.3) is 0 Å². The fraction of sp³-hybridized carbons (Fsp3) is 0.167. The largest absolute Gasteiger partial charge is 0.497 e. The lowest BCUT2D eigenvalue weighted by atomic mass is 10.3. The highest BCUT2D eigenvalue weighted by Gasteiger charge is 2.33. The summed E-state index contributed by atoms with van der Waals surface area (Å²) in [6.45, 7) is 0. The SMILES string of the molecule is COc1ccc(N)c(Oc2nccc(C(F)(F)F)n2)c1. The van der Waals surface area contributed by atoms with Gasteiger partial charge in [0.25, 0.3) is 0 Å². The zero-order chi connectivity index (χ0) is 14.8. The van der Waals surface area contributed by atoms with E-state index in [0.29, 0.717) is 5.75 Å². The number of methoxy groups -OCH3 is 1. The number of anilines is 1. The Kier molecular flexibility index (Phi) is 3.64. The van der Waals surface area contributed by atoms with Gasteiger partial charge in [0.15, 0.2) is 11.4 Å². The van der Waals surface area contributed by atoms with Crippen molar-refractivity contribution in [3.63, 3.8) is 0 Å². The third-order valence-electron chi connectivity index (χ3n) is 2.35. The van der Waals surface area contributed by atoms with Gasteiger partial charge in [-0.25, -0.2) is 4.98 Å². The van der Waals surface area contributed by atoms with Crippen LogP contribution < -0.4 is 15.2 Å². The molecule has 0 saturated heterocycles. The van der Waals surface area contributed by atoms with Gasteiger partial charge in [-0.3, -0.25) is 0 Å². The van der Waals surface area contributed by atoms with Gasteiger partial charge >= 0.3 is 12.2 Å². The lowest BCUT2D eigenvalue weighted by Crippen LogP contribution is -2.09. The maximum absolute atomic E-state index is 12.5. The van der Waals surface area contributed by atoms with Crippen LogP contribution in [0.2, 0.25) is 0 Å². The fourth-order valence-corrected chi connectivity index (χ4v) is 1.38. The second kappa shape index (κ2) is 5.24. The molecule has 5 nitrogen and oxygen atoms in total. The van der Waals surface area contributed by atoms with Crippen LogP contribution in [0.15, 0.2) is 30.5 Å². The molecule has 1 aromatic carbocycles. The lowest BCUT2D eigenvalue weighted by Gasteiger charge is -2.10. The molecule has 8 heteroatoms. The summed E-state index contributed by atoms with van der Waals surface area (Å²) in [6.07, 6.45) is -3.61. The predicted octanol–water partition coefficient (Wildman–Crippen LogP) is 2.88. The minimum absolute atomic E-state index is 0.115.